The Kier molecular flexibility index (Phi) is 3.06. The molecule has 2 N–H and O–H groups in total. The highest BCUT2D eigenvalue weighted by molar-refractivity contribution is 5.44. The third kappa shape index (κ3) is 1.76. The van der Waals surface area contributed by atoms with Crippen LogP contribution in [0.3, 0.4) is 0 Å². The molecule has 0 spiro atoms. The van der Waals surface area contributed by atoms with Crippen molar-refractivity contribution in [3.05, 3.63) is 23.8 Å². The summed E-state index contributed by atoms with van der Waals surface area (Å²) in [5, 5.41) is 0. The normalized spacial score (nSPS) is 28.4. The van der Waals surface area contributed by atoms with Crippen LogP contribution in [0.5, 0.6) is 11.5 Å². The summed E-state index contributed by atoms with van der Waals surface area (Å²) in [4.78, 5) is 0. The largest absolute Gasteiger partial charge is 0.497 e. The van der Waals surface area contributed by atoms with E-state index in [1.54, 1.807) is 14.2 Å². The Balaban J connectivity index is 2.27. The molecule has 0 amide bonds. The third-order valence-electron chi connectivity index (χ3n) is 3.68. The van der Waals surface area contributed by atoms with Crippen molar-refractivity contribution >= 4 is 0 Å². The molecule has 0 aromatic heterocycles. The fraction of sp³-hybridized carbons (Fsp3) is 0.538. The minimum atomic E-state index is 0.330. The summed E-state index contributed by atoms with van der Waals surface area (Å²) < 4.78 is 10.6. The predicted octanol–water partition coefficient (Wildman–Crippen LogP) is 2.15. The highest BCUT2D eigenvalue weighted by Gasteiger charge is 2.37. The Labute approximate surface area is 96.5 Å². The van der Waals surface area contributed by atoms with Crippen molar-refractivity contribution in [1.29, 1.82) is 0 Å². The highest BCUT2D eigenvalue weighted by Crippen LogP contribution is 2.45. The zero-order valence-electron chi connectivity index (χ0n) is 10.1. The van der Waals surface area contributed by atoms with Crippen LogP contribution in [0.2, 0.25) is 0 Å². The maximum atomic E-state index is 5.93. The third-order valence-corrected chi connectivity index (χ3v) is 3.68. The summed E-state index contributed by atoms with van der Waals surface area (Å²) in [6, 6.07) is 6.34. The Morgan fingerprint density at radius 2 is 2.00 bits per heavy atom. The molecule has 1 aliphatic rings. The second kappa shape index (κ2) is 4.34. The average molecular weight is 221 g/mol. The van der Waals surface area contributed by atoms with Gasteiger partial charge in [0, 0.05) is 12.1 Å². The Morgan fingerprint density at radius 1 is 1.25 bits per heavy atom. The number of benzene rings is 1. The Hall–Kier alpha value is -1.22. The van der Waals surface area contributed by atoms with Crippen LogP contribution < -0.4 is 15.2 Å². The van der Waals surface area contributed by atoms with Crippen LogP contribution >= 0.6 is 0 Å². The van der Waals surface area contributed by atoms with E-state index in [4.69, 9.17) is 15.2 Å². The van der Waals surface area contributed by atoms with Crippen LogP contribution in [0.15, 0.2) is 18.2 Å². The summed E-state index contributed by atoms with van der Waals surface area (Å²) in [7, 11) is 3.36. The lowest BCUT2D eigenvalue weighted by atomic mass is 9.67. The predicted molar refractivity (Wildman–Crippen MR) is 64.0 cm³/mol. The number of hydrogen-bond acceptors (Lipinski definition) is 3. The lowest BCUT2D eigenvalue weighted by Crippen LogP contribution is -2.44. The monoisotopic (exact) mass is 221 g/mol. The van der Waals surface area contributed by atoms with Gasteiger partial charge < -0.3 is 15.2 Å². The van der Waals surface area contributed by atoms with Crippen LogP contribution in [0.4, 0.5) is 0 Å². The van der Waals surface area contributed by atoms with Gasteiger partial charge in [0.1, 0.15) is 11.5 Å². The number of hydrogen-bond donors (Lipinski definition) is 1. The molecule has 0 heterocycles. The van der Waals surface area contributed by atoms with Gasteiger partial charge in [-0.3, -0.25) is 0 Å². The molecule has 3 atom stereocenters. The topological polar surface area (TPSA) is 44.5 Å². The molecule has 3 heteroatoms. The minimum absolute atomic E-state index is 0.330. The van der Waals surface area contributed by atoms with Crippen molar-refractivity contribution in [3.8, 4) is 11.5 Å². The van der Waals surface area contributed by atoms with Crippen molar-refractivity contribution in [1.82, 2.24) is 0 Å². The molecular weight excluding hydrogens is 202 g/mol. The van der Waals surface area contributed by atoms with E-state index >= 15 is 0 Å². The maximum Gasteiger partial charge on any atom is 0.126 e. The van der Waals surface area contributed by atoms with Crippen molar-refractivity contribution in [2.75, 3.05) is 14.2 Å². The number of methoxy groups -OCH3 is 2. The van der Waals surface area contributed by atoms with Crippen LogP contribution in [0.25, 0.3) is 0 Å². The summed E-state index contributed by atoms with van der Waals surface area (Å²) >= 11 is 0. The molecule has 1 aliphatic carbocycles. The molecular formula is C13H19NO2. The van der Waals surface area contributed by atoms with E-state index in [1.165, 1.54) is 5.56 Å². The lowest BCUT2D eigenvalue weighted by Gasteiger charge is -2.41. The van der Waals surface area contributed by atoms with Crippen molar-refractivity contribution in [2.24, 2.45) is 11.7 Å². The minimum Gasteiger partial charge on any atom is -0.497 e. The molecule has 1 aromatic carbocycles. The summed E-state index contributed by atoms with van der Waals surface area (Å²) in [6.45, 7) is 2.20. The highest BCUT2D eigenvalue weighted by atomic mass is 16.5. The zero-order valence-corrected chi connectivity index (χ0v) is 10.1. The molecule has 16 heavy (non-hydrogen) atoms. The molecule has 0 radical (unpaired) electrons. The van der Waals surface area contributed by atoms with Gasteiger partial charge in [-0.1, -0.05) is 13.0 Å². The quantitative estimate of drug-likeness (QED) is 0.850. The van der Waals surface area contributed by atoms with Crippen molar-refractivity contribution in [2.45, 2.75) is 25.3 Å². The van der Waals surface area contributed by atoms with Gasteiger partial charge in [0.05, 0.1) is 14.2 Å². The molecule has 3 nitrogen and oxygen atoms in total. The standard InChI is InChI=1S/C13H19NO2/c1-8-11(7-12(8)14)10-5-4-9(15-2)6-13(10)16-3/h4-6,8,11-12H,7,14H2,1-3H3. The maximum absolute atomic E-state index is 5.93. The number of nitrogens with two attached hydrogens (primary N) is 1. The van der Waals surface area contributed by atoms with E-state index in [1.807, 2.05) is 12.1 Å². The smallest absolute Gasteiger partial charge is 0.126 e. The first-order valence-electron chi connectivity index (χ1n) is 5.65. The molecule has 0 bridgehead atoms. The molecule has 2 rings (SSSR count). The van der Waals surface area contributed by atoms with Crippen molar-refractivity contribution < 1.29 is 9.47 Å². The van der Waals surface area contributed by atoms with Gasteiger partial charge in [0.2, 0.25) is 0 Å². The molecule has 1 fully saturated rings. The fourth-order valence-corrected chi connectivity index (χ4v) is 2.36. The van der Waals surface area contributed by atoms with E-state index in [-0.39, 0.29) is 0 Å². The Bertz CT molecular complexity index is 378. The zero-order chi connectivity index (χ0) is 11.7. The van der Waals surface area contributed by atoms with E-state index in [2.05, 4.69) is 13.0 Å². The van der Waals surface area contributed by atoms with Gasteiger partial charge >= 0.3 is 0 Å². The van der Waals surface area contributed by atoms with E-state index < -0.39 is 0 Å². The van der Waals surface area contributed by atoms with E-state index in [0.717, 1.165) is 17.9 Å². The first-order chi connectivity index (χ1) is 7.67. The van der Waals surface area contributed by atoms with Gasteiger partial charge in [-0.25, -0.2) is 0 Å². The van der Waals surface area contributed by atoms with Gasteiger partial charge in [-0.2, -0.15) is 0 Å². The second-order valence-corrected chi connectivity index (χ2v) is 4.47. The van der Waals surface area contributed by atoms with E-state index in [9.17, 15) is 0 Å². The van der Waals surface area contributed by atoms with E-state index in [0.29, 0.717) is 17.9 Å². The molecule has 1 aromatic rings. The molecule has 0 saturated heterocycles. The molecule has 3 unspecified atom stereocenters. The van der Waals surface area contributed by atoms with Gasteiger partial charge in [-0.05, 0) is 29.9 Å². The van der Waals surface area contributed by atoms with Gasteiger partial charge in [0.25, 0.3) is 0 Å². The van der Waals surface area contributed by atoms with Crippen LogP contribution in [-0.2, 0) is 0 Å². The average Bonchev–Trinajstić information content (AvgIpc) is 2.34. The first kappa shape index (κ1) is 11.3. The first-order valence-corrected chi connectivity index (χ1v) is 5.65. The number of rotatable bonds is 3. The molecule has 1 saturated carbocycles. The van der Waals surface area contributed by atoms with Gasteiger partial charge in [-0.15, -0.1) is 0 Å². The van der Waals surface area contributed by atoms with Crippen LogP contribution in [0.1, 0.15) is 24.8 Å². The second-order valence-electron chi connectivity index (χ2n) is 4.47. The molecule has 88 valence electrons. The summed E-state index contributed by atoms with van der Waals surface area (Å²) in [5.41, 5.74) is 7.18. The Morgan fingerprint density at radius 3 is 2.50 bits per heavy atom. The number of ether oxygens (including phenoxy) is 2. The fourth-order valence-electron chi connectivity index (χ4n) is 2.36. The lowest BCUT2D eigenvalue weighted by molar-refractivity contribution is 0.221. The summed E-state index contributed by atoms with van der Waals surface area (Å²) in [6.07, 6.45) is 1.05. The van der Waals surface area contributed by atoms with Crippen molar-refractivity contribution in [3.63, 3.8) is 0 Å². The SMILES string of the molecule is COc1ccc(C2CC(N)C2C)c(OC)c1. The summed E-state index contributed by atoms with van der Waals surface area (Å²) in [5.74, 6) is 2.79. The van der Waals surface area contributed by atoms with Crippen LogP contribution in [-0.4, -0.2) is 20.3 Å². The van der Waals surface area contributed by atoms with Crippen LogP contribution in [0, 0.1) is 5.92 Å². The molecule has 0 aliphatic heterocycles. The van der Waals surface area contributed by atoms with Gasteiger partial charge in [0.15, 0.2) is 0 Å².